The van der Waals surface area contributed by atoms with Gasteiger partial charge in [-0.2, -0.15) is 4.98 Å². The third-order valence-corrected chi connectivity index (χ3v) is 3.81. The highest BCUT2D eigenvalue weighted by Gasteiger charge is 2.15. The Bertz CT molecular complexity index is 1090. The fourth-order valence-electron chi connectivity index (χ4n) is 2.48. The number of aromatic nitrogens is 5. The average Bonchev–Trinajstić information content (AvgIpc) is 3.06. The van der Waals surface area contributed by atoms with E-state index in [9.17, 15) is 9.18 Å². The van der Waals surface area contributed by atoms with Gasteiger partial charge in [-0.15, -0.1) is 5.10 Å². The molecule has 0 aliphatic rings. The monoisotopic (exact) mass is 348 g/mol. The summed E-state index contributed by atoms with van der Waals surface area (Å²) in [5.41, 5.74) is 2.17. The van der Waals surface area contributed by atoms with Crippen molar-refractivity contribution in [2.45, 2.75) is 6.92 Å². The first-order valence-electron chi connectivity index (χ1n) is 7.81. The number of aryl methyl sites for hydroxylation is 1. The Balaban J connectivity index is 1.68. The summed E-state index contributed by atoms with van der Waals surface area (Å²) in [5.74, 6) is 0.168. The van der Waals surface area contributed by atoms with Crippen molar-refractivity contribution < 1.29 is 9.18 Å². The molecule has 4 aromatic rings. The Labute approximate surface area is 147 Å². The summed E-state index contributed by atoms with van der Waals surface area (Å²) in [7, 11) is 0. The van der Waals surface area contributed by atoms with E-state index in [1.54, 1.807) is 37.6 Å². The highest BCUT2D eigenvalue weighted by atomic mass is 19.1. The summed E-state index contributed by atoms with van der Waals surface area (Å²) < 4.78 is 14.4. The second-order valence-corrected chi connectivity index (χ2v) is 5.62. The van der Waals surface area contributed by atoms with Gasteiger partial charge in [0.25, 0.3) is 11.7 Å². The van der Waals surface area contributed by atoms with Gasteiger partial charge in [0.1, 0.15) is 5.82 Å². The number of amides is 1. The van der Waals surface area contributed by atoms with Gasteiger partial charge in [-0.3, -0.25) is 9.78 Å². The maximum absolute atomic E-state index is 13.0. The predicted molar refractivity (Wildman–Crippen MR) is 93.1 cm³/mol. The number of carbonyl (C=O) groups is 1. The fourth-order valence-corrected chi connectivity index (χ4v) is 2.48. The first-order chi connectivity index (χ1) is 12.6. The van der Waals surface area contributed by atoms with E-state index in [-0.39, 0.29) is 11.7 Å². The molecule has 0 saturated heterocycles. The Hall–Kier alpha value is -3.68. The third kappa shape index (κ3) is 3.00. The first-order valence-corrected chi connectivity index (χ1v) is 7.81. The quantitative estimate of drug-likeness (QED) is 0.615. The van der Waals surface area contributed by atoms with Crippen LogP contribution in [0.15, 0.2) is 55.0 Å². The lowest BCUT2D eigenvalue weighted by Gasteiger charge is -2.07. The molecule has 0 radical (unpaired) electrons. The number of nitrogens with one attached hydrogen (secondary N) is 1. The SMILES string of the molecule is Cc1nc2nc(-c3ccncc3)nn2cc1C(=O)Nc1ccc(F)cc1. The molecule has 1 amide bonds. The highest BCUT2D eigenvalue weighted by molar-refractivity contribution is 6.04. The van der Waals surface area contributed by atoms with Gasteiger partial charge in [0, 0.05) is 29.8 Å². The predicted octanol–water partition coefficient (Wildman–Crippen LogP) is 2.89. The molecular weight excluding hydrogens is 335 g/mol. The average molecular weight is 348 g/mol. The van der Waals surface area contributed by atoms with Crippen LogP contribution in [0.3, 0.4) is 0 Å². The molecule has 0 fully saturated rings. The maximum Gasteiger partial charge on any atom is 0.259 e. The van der Waals surface area contributed by atoms with Gasteiger partial charge in [-0.25, -0.2) is 13.9 Å². The number of fused-ring (bicyclic) bond motifs is 1. The standard InChI is InChI=1S/C18H13FN6O/c1-11-15(17(26)22-14-4-2-13(19)3-5-14)10-25-18(21-11)23-16(24-25)12-6-8-20-9-7-12/h2-10H,1H3,(H,22,26). The second kappa shape index (κ2) is 6.32. The van der Waals surface area contributed by atoms with Crippen LogP contribution < -0.4 is 5.32 Å². The summed E-state index contributed by atoms with van der Waals surface area (Å²) in [5, 5.41) is 7.09. The van der Waals surface area contributed by atoms with E-state index in [0.29, 0.717) is 28.5 Å². The lowest BCUT2D eigenvalue weighted by Crippen LogP contribution is -2.15. The Morgan fingerprint density at radius 2 is 1.81 bits per heavy atom. The zero-order valence-electron chi connectivity index (χ0n) is 13.7. The topological polar surface area (TPSA) is 85.1 Å². The van der Waals surface area contributed by atoms with Crippen LogP contribution in [0.2, 0.25) is 0 Å². The normalized spacial score (nSPS) is 10.8. The molecule has 26 heavy (non-hydrogen) atoms. The lowest BCUT2D eigenvalue weighted by atomic mass is 10.2. The zero-order chi connectivity index (χ0) is 18.1. The minimum atomic E-state index is -0.367. The van der Waals surface area contributed by atoms with E-state index in [0.717, 1.165) is 5.56 Å². The number of hydrogen-bond donors (Lipinski definition) is 1. The number of pyridine rings is 1. The molecular formula is C18H13FN6O. The summed E-state index contributed by atoms with van der Waals surface area (Å²) in [6.45, 7) is 1.72. The molecule has 0 saturated carbocycles. The number of halogens is 1. The maximum atomic E-state index is 13.0. The second-order valence-electron chi connectivity index (χ2n) is 5.62. The lowest BCUT2D eigenvalue weighted by molar-refractivity contribution is 0.102. The Kier molecular flexibility index (Phi) is 3.85. The van der Waals surface area contributed by atoms with Crippen molar-refractivity contribution in [2.24, 2.45) is 0 Å². The summed E-state index contributed by atoms with van der Waals surface area (Å²) >= 11 is 0. The molecule has 8 heteroatoms. The molecule has 1 N–H and O–H groups in total. The molecule has 0 atom stereocenters. The van der Waals surface area contributed by atoms with Crippen molar-refractivity contribution in [1.29, 1.82) is 0 Å². The summed E-state index contributed by atoms with van der Waals surface area (Å²) in [6, 6.07) is 9.13. The van der Waals surface area contributed by atoms with Gasteiger partial charge >= 0.3 is 0 Å². The van der Waals surface area contributed by atoms with Gasteiger partial charge in [-0.1, -0.05) is 0 Å². The Morgan fingerprint density at radius 1 is 1.08 bits per heavy atom. The summed E-state index contributed by atoms with van der Waals surface area (Å²) in [6.07, 6.45) is 4.89. The van der Waals surface area contributed by atoms with Crippen molar-refractivity contribution >= 4 is 17.4 Å². The number of anilines is 1. The molecule has 7 nitrogen and oxygen atoms in total. The molecule has 1 aromatic carbocycles. The van der Waals surface area contributed by atoms with Gasteiger partial charge < -0.3 is 5.32 Å². The molecule has 0 bridgehead atoms. The van der Waals surface area contributed by atoms with Gasteiger partial charge in [0.15, 0.2) is 5.82 Å². The smallest absolute Gasteiger partial charge is 0.259 e. The van der Waals surface area contributed by atoms with Crippen LogP contribution in [0.4, 0.5) is 10.1 Å². The van der Waals surface area contributed by atoms with Crippen molar-refractivity contribution in [3.8, 4) is 11.4 Å². The number of hydrogen-bond acceptors (Lipinski definition) is 5. The van der Waals surface area contributed by atoms with Gasteiger partial charge in [0.2, 0.25) is 0 Å². The van der Waals surface area contributed by atoms with E-state index in [4.69, 9.17) is 0 Å². The van der Waals surface area contributed by atoms with Crippen LogP contribution in [0, 0.1) is 12.7 Å². The van der Waals surface area contributed by atoms with Crippen LogP contribution in [-0.2, 0) is 0 Å². The van der Waals surface area contributed by atoms with Gasteiger partial charge in [-0.05, 0) is 43.3 Å². The van der Waals surface area contributed by atoms with Gasteiger partial charge in [0.05, 0.1) is 11.3 Å². The minimum Gasteiger partial charge on any atom is -0.322 e. The van der Waals surface area contributed by atoms with Crippen LogP contribution in [0.25, 0.3) is 17.2 Å². The number of benzene rings is 1. The molecule has 3 aromatic heterocycles. The number of rotatable bonds is 3. The molecule has 0 unspecified atom stereocenters. The molecule has 3 heterocycles. The number of carbonyl (C=O) groups excluding carboxylic acids is 1. The van der Waals surface area contributed by atoms with Crippen molar-refractivity contribution in [1.82, 2.24) is 24.6 Å². The first kappa shape index (κ1) is 15.8. The van der Waals surface area contributed by atoms with Crippen molar-refractivity contribution in [3.63, 3.8) is 0 Å². The van der Waals surface area contributed by atoms with Crippen LogP contribution in [0.1, 0.15) is 16.1 Å². The third-order valence-electron chi connectivity index (χ3n) is 3.81. The van der Waals surface area contributed by atoms with Crippen LogP contribution in [0.5, 0.6) is 0 Å². The molecule has 0 spiro atoms. The van der Waals surface area contributed by atoms with E-state index < -0.39 is 0 Å². The van der Waals surface area contributed by atoms with Crippen molar-refractivity contribution in [3.05, 3.63) is 72.1 Å². The van der Waals surface area contributed by atoms with E-state index >= 15 is 0 Å². The summed E-state index contributed by atoms with van der Waals surface area (Å²) in [4.78, 5) is 25.2. The molecule has 4 rings (SSSR count). The van der Waals surface area contributed by atoms with E-state index in [1.165, 1.54) is 28.8 Å². The zero-order valence-corrected chi connectivity index (χ0v) is 13.7. The van der Waals surface area contributed by atoms with E-state index in [2.05, 4.69) is 25.4 Å². The number of nitrogens with zero attached hydrogens (tertiary/aromatic N) is 5. The van der Waals surface area contributed by atoms with E-state index in [1.807, 2.05) is 0 Å². The van der Waals surface area contributed by atoms with Crippen molar-refractivity contribution in [2.75, 3.05) is 5.32 Å². The van der Waals surface area contributed by atoms with Crippen LogP contribution in [-0.4, -0.2) is 30.5 Å². The molecule has 0 aliphatic heterocycles. The fraction of sp³-hybridized carbons (Fsp3) is 0.0556. The highest BCUT2D eigenvalue weighted by Crippen LogP contribution is 2.17. The van der Waals surface area contributed by atoms with Crippen LogP contribution >= 0.6 is 0 Å². The Morgan fingerprint density at radius 3 is 2.54 bits per heavy atom. The minimum absolute atomic E-state index is 0.355. The molecule has 128 valence electrons. The molecule has 0 aliphatic carbocycles. The largest absolute Gasteiger partial charge is 0.322 e.